The van der Waals surface area contributed by atoms with E-state index in [0.29, 0.717) is 11.7 Å². The molecular weight excluding hydrogens is 292 g/mol. The van der Waals surface area contributed by atoms with Crippen molar-refractivity contribution < 1.29 is 14.6 Å². The van der Waals surface area contributed by atoms with Gasteiger partial charge >= 0.3 is 0 Å². The summed E-state index contributed by atoms with van der Waals surface area (Å²) in [5.74, 6) is 0.647. The number of benzene rings is 2. The highest BCUT2D eigenvalue weighted by atomic mass is 16.5. The molecule has 2 atom stereocenters. The van der Waals surface area contributed by atoms with Crippen LogP contribution in [0.3, 0.4) is 0 Å². The largest absolute Gasteiger partial charge is 0.504 e. The Hall–Kier alpha value is -2.82. The number of amides is 1. The van der Waals surface area contributed by atoms with Crippen molar-refractivity contribution in [2.24, 2.45) is 11.0 Å². The molecule has 1 aliphatic rings. The van der Waals surface area contributed by atoms with Crippen LogP contribution in [0.5, 0.6) is 11.5 Å². The van der Waals surface area contributed by atoms with Crippen LogP contribution in [0, 0.1) is 5.92 Å². The minimum atomic E-state index is -0.0687. The number of nitrogens with zero attached hydrogens (tertiary/aromatic N) is 1. The first-order chi connectivity index (χ1) is 11.2. The Morgan fingerprint density at radius 3 is 2.83 bits per heavy atom. The first kappa shape index (κ1) is 15.1. The average molecular weight is 310 g/mol. The van der Waals surface area contributed by atoms with Gasteiger partial charge < -0.3 is 9.84 Å². The minimum Gasteiger partial charge on any atom is -0.504 e. The molecule has 1 fully saturated rings. The Kier molecular flexibility index (Phi) is 4.28. The van der Waals surface area contributed by atoms with Gasteiger partial charge in [-0.2, -0.15) is 5.10 Å². The van der Waals surface area contributed by atoms with E-state index >= 15 is 0 Å². The Labute approximate surface area is 134 Å². The molecule has 2 aromatic carbocycles. The highest BCUT2D eigenvalue weighted by Gasteiger charge is 2.43. The van der Waals surface area contributed by atoms with Crippen LogP contribution in [0.15, 0.2) is 53.6 Å². The third-order valence-corrected chi connectivity index (χ3v) is 3.95. The third kappa shape index (κ3) is 3.51. The molecule has 0 spiro atoms. The lowest BCUT2D eigenvalue weighted by atomic mass is 10.1. The molecule has 0 aromatic heterocycles. The molecule has 0 bridgehead atoms. The lowest BCUT2D eigenvalue weighted by molar-refractivity contribution is -0.122. The number of hydrogen-bond acceptors (Lipinski definition) is 4. The summed E-state index contributed by atoms with van der Waals surface area (Å²) in [6, 6.07) is 14.9. The van der Waals surface area contributed by atoms with E-state index in [4.69, 9.17) is 4.74 Å². The van der Waals surface area contributed by atoms with Crippen molar-refractivity contribution in [3.8, 4) is 11.5 Å². The van der Waals surface area contributed by atoms with E-state index in [9.17, 15) is 9.90 Å². The number of phenolic OH excluding ortho intramolecular Hbond substituents is 1. The zero-order chi connectivity index (χ0) is 16.2. The summed E-state index contributed by atoms with van der Waals surface area (Å²) in [5.41, 5.74) is 4.50. The van der Waals surface area contributed by atoms with Crippen LogP contribution >= 0.6 is 0 Å². The van der Waals surface area contributed by atoms with Crippen molar-refractivity contribution in [2.75, 3.05) is 7.11 Å². The van der Waals surface area contributed by atoms with E-state index in [1.165, 1.54) is 25.0 Å². The van der Waals surface area contributed by atoms with Crippen molar-refractivity contribution in [1.29, 1.82) is 0 Å². The normalized spacial score (nSPS) is 19.5. The molecule has 23 heavy (non-hydrogen) atoms. The third-order valence-electron chi connectivity index (χ3n) is 3.95. The second kappa shape index (κ2) is 6.52. The molecule has 5 heteroatoms. The molecule has 3 rings (SSSR count). The van der Waals surface area contributed by atoms with Gasteiger partial charge in [-0.1, -0.05) is 30.3 Å². The summed E-state index contributed by atoms with van der Waals surface area (Å²) in [5, 5.41) is 13.5. The van der Waals surface area contributed by atoms with Gasteiger partial charge in [0.1, 0.15) is 0 Å². The second-order valence-corrected chi connectivity index (χ2v) is 5.52. The summed E-state index contributed by atoms with van der Waals surface area (Å²) < 4.78 is 5.03. The Morgan fingerprint density at radius 2 is 2.09 bits per heavy atom. The predicted molar refractivity (Wildman–Crippen MR) is 87.7 cm³/mol. The summed E-state index contributed by atoms with van der Waals surface area (Å²) in [7, 11) is 1.48. The maximum absolute atomic E-state index is 12.1. The van der Waals surface area contributed by atoms with Crippen molar-refractivity contribution in [2.45, 2.75) is 12.3 Å². The van der Waals surface area contributed by atoms with Crippen LogP contribution in [-0.2, 0) is 4.79 Å². The Morgan fingerprint density at radius 1 is 1.30 bits per heavy atom. The van der Waals surface area contributed by atoms with Gasteiger partial charge in [-0.25, -0.2) is 5.43 Å². The quantitative estimate of drug-likeness (QED) is 0.659. The number of rotatable bonds is 5. The van der Waals surface area contributed by atoms with E-state index in [0.717, 1.165) is 12.0 Å². The second-order valence-electron chi connectivity index (χ2n) is 5.52. The summed E-state index contributed by atoms with van der Waals surface area (Å²) >= 11 is 0. The molecule has 118 valence electrons. The summed E-state index contributed by atoms with van der Waals surface area (Å²) in [4.78, 5) is 12.1. The molecule has 0 radical (unpaired) electrons. The number of carbonyl (C=O) groups is 1. The number of carbonyl (C=O) groups excluding carboxylic acids is 1. The highest BCUT2D eigenvalue weighted by molar-refractivity contribution is 5.86. The molecule has 1 saturated carbocycles. The van der Waals surface area contributed by atoms with Crippen LogP contribution in [-0.4, -0.2) is 24.3 Å². The van der Waals surface area contributed by atoms with E-state index in [1.54, 1.807) is 12.1 Å². The van der Waals surface area contributed by atoms with Gasteiger partial charge in [0, 0.05) is 5.92 Å². The molecule has 2 aromatic rings. The number of hydrazone groups is 1. The van der Waals surface area contributed by atoms with Gasteiger partial charge in [-0.3, -0.25) is 4.79 Å². The monoisotopic (exact) mass is 310 g/mol. The van der Waals surface area contributed by atoms with Gasteiger partial charge in [0.25, 0.3) is 0 Å². The highest BCUT2D eigenvalue weighted by Crippen LogP contribution is 2.47. The fourth-order valence-corrected chi connectivity index (χ4v) is 2.58. The van der Waals surface area contributed by atoms with Crippen LogP contribution in [0.1, 0.15) is 23.5 Å². The first-order valence-electron chi connectivity index (χ1n) is 7.44. The zero-order valence-electron chi connectivity index (χ0n) is 12.8. The topological polar surface area (TPSA) is 70.9 Å². The first-order valence-corrected chi connectivity index (χ1v) is 7.44. The van der Waals surface area contributed by atoms with Crippen LogP contribution in [0.4, 0.5) is 0 Å². The molecule has 5 nitrogen and oxygen atoms in total. The van der Waals surface area contributed by atoms with Crippen LogP contribution in [0.25, 0.3) is 0 Å². The van der Waals surface area contributed by atoms with Gasteiger partial charge in [0.15, 0.2) is 11.5 Å². The fraction of sp³-hybridized carbons (Fsp3) is 0.222. The van der Waals surface area contributed by atoms with E-state index in [2.05, 4.69) is 10.5 Å². The standard InChI is InChI=1S/C18H18N2O3/c1-23-17-9-12(7-8-16(17)21)11-19-20-18(22)15-10-14(15)13-5-3-2-4-6-13/h2-9,11,14-15,21H,10H2,1H3,(H,20,22)/b19-11+. The van der Waals surface area contributed by atoms with Gasteiger partial charge in [0.05, 0.1) is 13.3 Å². The van der Waals surface area contributed by atoms with Crippen LogP contribution in [0.2, 0.25) is 0 Å². The van der Waals surface area contributed by atoms with Crippen molar-refractivity contribution in [3.63, 3.8) is 0 Å². The van der Waals surface area contributed by atoms with Gasteiger partial charge in [0.2, 0.25) is 5.91 Å². The summed E-state index contributed by atoms with van der Waals surface area (Å²) in [6.07, 6.45) is 2.39. The minimum absolute atomic E-state index is 0.0103. The Bertz CT molecular complexity index is 728. The zero-order valence-corrected chi connectivity index (χ0v) is 12.8. The van der Waals surface area contributed by atoms with E-state index < -0.39 is 0 Å². The number of hydrogen-bond donors (Lipinski definition) is 2. The number of nitrogens with one attached hydrogen (secondary N) is 1. The van der Waals surface area contributed by atoms with Crippen LogP contribution < -0.4 is 10.2 Å². The molecule has 1 amide bonds. The summed E-state index contributed by atoms with van der Waals surface area (Å²) in [6.45, 7) is 0. The molecular formula is C18H18N2O3. The van der Waals surface area contributed by atoms with Crippen molar-refractivity contribution >= 4 is 12.1 Å². The average Bonchev–Trinajstić information content (AvgIpc) is 3.38. The van der Waals surface area contributed by atoms with E-state index in [1.807, 2.05) is 30.3 Å². The lowest BCUT2D eigenvalue weighted by Crippen LogP contribution is -2.20. The molecule has 0 saturated heterocycles. The van der Waals surface area contributed by atoms with Gasteiger partial charge in [-0.15, -0.1) is 0 Å². The predicted octanol–water partition coefficient (Wildman–Crippen LogP) is 2.65. The van der Waals surface area contributed by atoms with Crippen molar-refractivity contribution in [3.05, 3.63) is 59.7 Å². The number of methoxy groups -OCH3 is 1. The molecule has 2 N–H and O–H groups in total. The molecule has 0 aliphatic heterocycles. The van der Waals surface area contributed by atoms with Crippen molar-refractivity contribution in [1.82, 2.24) is 5.43 Å². The maximum atomic E-state index is 12.1. The SMILES string of the molecule is COc1cc(/C=N/NC(=O)C2CC2c2ccccc2)ccc1O. The van der Waals surface area contributed by atoms with E-state index in [-0.39, 0.29) is 17.6 Å². The number of phenols is 1. The lowest BCUT2D eigenvalue weighted by Gasteiger charge is -2.03. The smallest absolute Gasteiger partial charge is 0.243 e. The fourth-order valence-electron chi connectivity index (χ4n) is 2.58. The molecule has 0 heterocycles. The maximum Gasteiger partial charge on any atom is 0.243 e. The Balaban J connectivity index is 1.56. The van der Waals surface area contributed by atoms with Gasteiger partial charge in [-0.05, 0) is 41.7 Å². The number of aromatic hydroxyl groups is 1. The molecule has 1 aliphatic carbocycles. The number of ether oxygens (including phenoxy) is 1. The molecule has 2 unspecified atom stereocenters.